The van der Waals surface area contributed by atoms with E-state index in [1.54, 1.807) is 17.1 Å². The van der Waals surface area contributed by atoms with Crippen molar-refractivity contribution >= 4 is 11.9 Å². The summed E-state index contributed by atoms with van der Waals surface area (Å²) >= 11 is 0. The van der Waals surface area contributed by atoms with Crippen LogP contribution in [-0.2, 0) is 9.59 Å². The lowest BCUT2D eigenvalue weighted by atomic mass is 9.77. The van der Waals surface area contributed by atoms with Crippen LogP contribution in [0.4, 0.5) is 13.2 Å². The molecule has 0 saturated carbocycles. The average molecular weight is 296 g/mol. The van der Waals surface area contributed by atoms with E-state index in [-0.39, 0.29) is 13.1 Å². The maximum absolute atomic E-state index is 12.0. The van der Waals surface area contributed by atoms with E-state index in [0.29, 0.717) is 25.8 Å². The Morgan fingerprint density at radius 3 is 2.55 bits per heavy atom. The van der Waals surface area contributed by atoms with Gasteiger partial charge in [-0.2, -0.15) is 13.2 Å². The second-order valence-corrected chi connectivity index (χ2v) is 5.15. The number of carbonyl (C=O) groups excluding carboxylic acids is 1. The van der Waals surface area contributed by atoms with E-state index in [1.165, 1.54) is 0 Å². The molecule has 8 heteroatoms. The number of carboxylic acid groups (broad SMARTS) is 1. The van der Waals surface area contributed by atoms with Gasteiger partial charge in [-0.3, -0.25) is 14.5 Å². The first kappa shape index (κ1) is 16.7. The molecule has 1 heterocycles. The van der Waals surface area contributed by atoms with Gasteiger partial charge in [-0.25, -0.2) is 0 Å². The summed E-state index contributed by atoms with van der Waals surface area (Å²) < 4.78 is 35.9. The maximum Gasteiger partial charge on any atom is 0.405 e. The van der Waals surface area contributed by atoms with E-state index < -0.39 is 30.0 Å². The van der Waals surface area contributed by atoms with Gasteiger partial charge in [0, 0.05) is 6.54 Å². The predicted octanol–water partition coefficient (Wildman–Crippen LogP) is 1.24. The number of hydrogen-bond acceptors (Lipinski definition) is 3. The Hall–Kier alpha value is -1.31. The van der Waals surface area contributed by atoms with Crippen LogP contribution in [0, 0.1) is 5.41 Å². The SMILES string of the molecule is CCC1(C(=O)O)CCCN(CC(=O)NCC(F)(F)F)C1. The number of halogens is 3. The standard InChI is InChI=1S/C12H19F3N2O3/c1-2-11(10(19)20)4-3-5-17(8-11)6-9(18)16-7-12(13,14)15/h2-8H2,1H3,(H,16,18)(H,19,20). The highest BCUT2D eigenvalue weighted by atomic mass is 19.4. The quantitative estimate of drug-likeness (QED) is 0.801. The minimum absolute atomic E-state index is 0.193. The van der Waals surface area contributed by atoms with Gasteiger partial charge in [0.2, 0.25) is 5.91 Å². The Morgan fingerprint density at radius 1 is 1.40 bits per heavy atom. The van der Waals surface area contributed by atoms with E-state index in [0.717, 1.165) is 0 Å². The van der Waals surface area contributed by atoms with Gasteiger partial charge in [0.1, 0.15) is 6.54 Å². The van der Waals surface area contributed by atoms with Crippen molar-refractivity contribution in [1.82, 2.24) is 10.2 Å². The molecular formula is C12H19F3N2O3. The second kappa shape index (κ2) is 6.43. The number of carbonyl (C=O) groups is 2. The summed E-state index contributed by atoms with van der Waals surface area (Å²) in [4.78, 5) is 24.4. The van der Waals surface area contributed by atoms with Crippen LogP contribution >= 0.6 is 0 Å². The lowest BCUT2D eigenvalue weighted by Crippen LogP contribution is -2.50. The van der Waals surface area contributed by atoms with Crippen LogP contribution in [0.1, 0.15) is 26.2 Å². The van der Waals surface area contributed by atoms with Gasteiger partial charge in [-0.05, 0) is 25.8 Å². The van der Waals surface area contributed by atoms with Crippen molar-refractivity contribution in [2.45, 2.75) is 32.4 Å². The fraction of sp³-hybridized carbons (Fsp3) is 0.833. The summed E-state index contributed by atoms with van der Waals surface area (Å²) in [6.07, 6.45) is -2.86. The minimum atomic E-state index is -4.44. The lowest BCUT2D eigenvalue weighted by molar-refractivity contribution is -0.153. The summed E-state index contributed by atoms with van der Waals surface area (Å²) in [5.41, 5.74) is -0.900. The van der Waals surface area contributed by atoms with Crippen LogP contribution in [0.3, 0.4) is 0 Å². The Bertz CT molecular complexity index is 373. The first-order chi connectivity index (χ1) is 9.18. The first-order valence-corrected chi connectivity index (χ1v) is 6.48. The molecule has 0 bridgehead atoms. The number of nitrogens with one attached hydrogen (secondary N) is 1. The number of rotatable bonds is 5. The molecule has 0 aliphatic carbocycles. The summed E-state index contributed by atoms with van der Waals surface area (Å²) in [6.45, 7) is 0.913. The molecule has 1 aliphatic rings. The molecule has 1 saturated heterocycles. The number of nitrogens with zero attached hydrogens (tertiary/aromatic N) is 1. The van der Waals surface area contributed by atoms with Gasteiger partial charge in [-0.15, -0.1) is 0 Å². The zero-order valence-electron chi connectivity index (χ0n) is 11.3. The van der Waals surface area contributed by atoms with Gasteiger partial charge in [0.05, 0.1) is 12.0 Å². The highest BCUT2D eigenvalue weighted by molar-refractivity contribution is 5.78. The third-order valence-electron chi connectivity index (χ3n) is 3.64. The van der Waals surface area contributed by atoms with Crippen LogP contribution in [0.25, 0.3) is 0 Å². The average Bonchev–Trinajstić information content (AvgIpc) is 2.35. The van der Waals surface area contributed by atoms with Gasteiger partial charge in [-0.1, -0.05) is 6.92 Å². The second-order valence-electron chi connectivity index (χ2n) is 5.15. The van der Waals surface area contributed by atoms with Crippen LogP contribution in [-0.4, -0.2) is 54.2 Å². The molecule has 1 aliphatic heterocycles. The smallest absolute Gasteiger partial charge is 0.405 e. The fourth-order valence-corrected chi connectivity index (χ4v) is 2.43. The maximum atomic E-state index is 12.0. The largest absolute Gasteiger partial charge is 0.481 e. The molecule has 1 fully saturated rings. The topological polar surface area (TPSA) is 69.6 Å². The highest BCUT2D eigenvalue weighted by Crippen LogP contribution is 2.33. The van der Waals surface area contributed by atoms with Crippen molar-refractivity contribution in [2.75, 3.05) is 26.2 Å². The minimum Gasteiger partial charge on any atom is -0.481 e. The summed E-state index contributed by atoms with van der Waals surface area (Å²) in [6, 6.07) is 0. The molecule has 0 aromatic carbocycles. The van der Waals surface area contributed by atoms with E-state index in [4.69, 9.17) is 0 Å². The fourth-order valence-electron chi connectivity index (χ4n) is 2.43. The molecule has 5 nitrogen and oxygen atoms in total. The zero-order valence-corrected chi connectivity index (χ0v) is 11.3. The first-order valence-electron chi connectivity index (χ1n) is 6.48. The van der Waals surface area contributed by atoms with E-state index in [2.05, 4.69) is 0 Å². The molecule has 0 radical (unpaired) electrons. The van der Waals surface area contributed by atoms with Gasteiger partial charge < -0.3 is 10.4 Å². The number of amides is 1. The monoisotopic (exact) mass is 296 g/mol. The molecule has 1 atom stereocenters. The number of hydrogen-bond donors (Lipinski definition) is 2. The van der Waals surface area contributed by atoms with Crippen molar-refractivity contribution in [3.05, 3.63) is 0 Å². The number of aliphatic carboxylic acids is 1. The molecule has 0 spiro atoms. The summed E-state index contributed by atoms with van der Waals surface area (Å²) in [7, 11) is 0. The van der Waals surface area contributed by atoms with Crippen molar-refractivity contribution < 1.29 is 27.9 Å². The number of carboxylic acids is 1. The molecule has 20 heavy (non-hydrogen) atoms. The van der Waals surface area contributed by atoms with Crippen molar-refractivity contribution in [2.24, 2.45) is 5.41 Å². The lowest BCUT2D eigenvalue weighted by Gasteiger charge is -2.39. The third-order valence-corrected chi connectivity index (χ3v) is 3.64. The molecule has 2 N–H and O–H groups in total. The summed E-state index contributed by atoms with van der Waals surface area (Å²) in [5, 5.41) is 11.1. The number of likely N-dealkylation sites (tertiary alicyclic amines) is 1. The Labute approximate surface area is 115 Å². The molecule has 1 amide bonds. The van der Waals surface area contributed by atoms with E-state index in [1.807, 2.05) is 0 Å². The Morgan fingerprint density at radius 2 is 2.05 bits per heavy atom. The molecule has 1 rings (SSSR count). The van der Waals surface area contributed by atoms with Gasteiger partial charge >= 0.3 is 12.1 Å². The Balaban J connectivity index is 2.52. The van der Waals surface area contributed by atoms with Gasteiger partial charge in [0.25, 0.3) is 0 Å². The molecule has 0 aromatic heterocycles. The number of piperidine rings is 1. The summed E-state index contributed by atoms with van der Waals surface area (Å²) in [5.74, 6) is -1.65. The van der Waals surface area contributed by atoms with Crippen molar-refractivity contribution in [3.8, 4) is 0 Å². The third kappa shape index (κ3) is 4.66. The molecule has 0 aromatic rings. The van der Waals surface area contributed by atoms with Crippen LogP contribution in [0.15, 0.2) is 0 Å². The highest BCUT2D eigenvalue weighted by Gasteiger charge is 2.41. The molecular weight excluding hydrogens is 277 g/mol. The van der Waals surface area contributed by atoms with Crippen molar-refractivity contribution in [1.29, 1.82) is 0 Å². The van der Waals surface area contributed by atoms with Crippen molar-refractivity contribution in [3.63, 3.8) is 0 Å². The molecule has 116 valence electrons. The Kier molecular flexibility index (Phi) is 5.38. The molecule has 1 unspecified atom stereocenters. The van der Waals surface area contributed by atoms with E-state index in [9.17, 15) is 27.9 Å². The number of alkyl halides is 3. The zero-order chi connectivity index (χ0) is 15.4. The van der Waals surface area contributed by atoms with Crippen LogP contribution in [0.2, 0.25) is 0 Å². The predicted molar refractivity (Wildman–Crippen MR) is 65.1 cm³/mol. The normalized spacial score (nSPS) is 24.4. The van der Waals surface area contributed by atoms with E-state index >= 15 is 0 Å². The van der Waals surface area contributed by atoms with Crippen LogP contribution in [0.5, 0.6) is 0 Å². The van der Waals surface area contributed by atoms with Crippen LogP contribution < -0.4 is 5.32 Å². The van der Waals surface area contributed by atoms with Gasteiger partial charge in [0.15, 0.2) is 0 Å².